The van der Waals surface area contributed by atoms with Crippen LogP contribution in [0, 0.1) is 6.92 Å². The van der Waals surface area contributed by atoms with Crippen LogP contribution >= 0.6 is 0 Å². The Kier molecular flexibility index (Phi) is 2.50. The maximum atomic E-state index is 5.52. The summed E-state index contributed by atoms with van der Waals surface area (Å²) in [5, 5.41) is 0. The summed E-state index contributed by atoms with van der Waals surface area (Å²) in [5.74, 6) is 0.726. The molecule has 1 aromatic rings. The summed E-state index contributed by atoms with van der Waals surface area (Å²) in [6, 6.07) is 8.26. The van der Waals surface area contributed by atoms with Crippen LogP contribution < -0.4 is 5.73 Å². The predicted octanol–water partition coefficient (Wildman–Crippen LogP) is 1.10. The molecule has 3 heteroatoms. The summed E-state index contributed by atoms with van der Waals surface area (Å²) >= 11 is 0. The predicted molar refractivity (Wildman–Crippen MR) is 56.5 cm³/mol. The summed E-state index contributed by atoms with van der Waals surface area (Å²) < 4.78 is 5.47. The molecule has 0 radical (unpaired) electrons. The molecule has 0 saturated carbocycles. The number of hydrogen-bond donors (Lipinski definition) is 1. The van der Waals surface area contributed by atoms with Gasteiger partial charge in [0.1, 0.15) is 12.6 Å². The zero-order valence-corrected chi connectivity index (χ0v) is 8.23. The van der Waals surface area contributed by atoms with Crippen molar-refractivity contribution in [3.05, 3.63) is 35.4 Å². The van der Waals surface area contributed by atoms with E-state index in [1.807, 2.05) is 12.1 Å². The number of benzene rings is 1. The first-order chi connectivity index (χ1) is 6.79. The highest BCUT2D eigenvalue weighted by atomic mass is 16.5. The topological polar surface area (TPSA) is 47.6 Å². The van der Waals surface area contributed by atoms with E-state index in [4.69, 9.17) is 10.5 Å². The molecule has 0 saturated heterocycles. The minimum Gasteiger partial charge on any atom is -0.475 e. The van der Waals surface area contributed by atoms with Gasteiger partial charge in [0.2, 0.25) is 5.90 Å². The maximum absolute atomic E-state index is 5.52. The highest BCUT2D eigenvalue weighted by Gasteiger charge is 2.18. The number of rotatable bonds is 2. The van der Waals surface area contributed by atoms with Crippen molar-refractivity contribution in [2.75, 3.05) is 13.2 Å². The number of nitrogens with two attached hydrogens (primary N) is 1. The molecular weight excluding hydrogens is 176 g/mol. The molecular formula is C11H14N2O. The van der Waals surface area contributed by atoms with Crippen LogP contribution in [0.25, 0.3) is 0 Å². The molecule has 1 unspecified atom stereocenters. The second kappa shape index (κ2) is 3.80. The minimum absolute atomic E-state index is 0.130. The zero-order valence-electron chi connectivity index (χ0n) is 8.23. The number of aryl methyl sites for hydroxylation is 1. The van der Waals surface area contributed by atoms with Crippen molar-refractivity contribution < 1.29 is 4.74 Å². The van der Waals surface area contributed by atoms with Crippen LogP contribution in [0.4, 0.5) is 0 Å². The lowest BCUT2D eigenvalue weighted by molar-refractivity contribution is 0.319. The van der Waals surface area contributed by atoms with Crippen molar-refractivity contribution in [1.82, 2.24) is 0 Å². The van der Waals surface area contributed by atoms with E-state index in [-0.39, 0.29) is 6.04 Å². The first-order valence-electron chi connectivity index (χ1n) is 4.77. The Hall–Kier alpha value is -1.35. The molecule has 74 valence electrons. The third kappa shape index (κ3) is 1.77. The summed E-state index contributed by atoms with van der Waals surface area (Å²) in [6.07, 6.45) is 0. The number of aliphatic imine (C=N–C) groups is 1. The van der Waals surface area contributed by atoms with Crippen molar-refractivity contribution in [3.8, 4) is 0 Å². The fourth-order valence-electron chi connectivity index (χ4n) is 1.47. The van der Waals surface area contributed by atoms with E-state index >= 15 is 0 Å². The molecule has 0 aliphatic carbocycles. The first kappa shape index (κ1) is 9.21. The van der Waals surface area contributed by atoms with Crippen molar-refractivity contribution in [1.29, 1.82) is 0 Å². The van der Waals surface area contributed by atoms with Crippen molar-refractivity contribution in [2.24, 2.45) is 10.7 Å². The van der Waals surface area contributed by atoms with Gasteiger partial charge in [-0.15, -0.1) is 0 Å². The molecule has 1 aliphatic heterocycles. The summed E-state index contributed by atoms with van der Waals surface area (Å²) in [5.41, 5.74) is 7.77. The highest BCUT2D eigenvalue weighted by molar-refractivity contribution is 5.95. The van der Waals surface area contributed by atoms with E-state index in [1.54, 1.807) is 0 Å². The van der Waals surface area contributed by atoms with E-state index in [1.165, 1.54) is 5.56 Å². The van der Waals surface area contributed by atoms with E-state index in [0.29, 0.717) is 13.2 Å². The standard InChI is InChI=1S/C11H14N2O/c1-8-3-2-4-9(5-8)11-13-10(6-12)7-14-11/h2-5,10H,6-7,12H2,1H3. The van der Waals surface area contributed by atoms with Crippen molar-refractivity contribution in [2.45, 2.75) is 13.0 Å². The van der Waals surface area contributed by atoms with Gasteiger partial charge >= 0.3 is 0 Å². The molecule has 0 aromatic heterocycles. The van der Waals surface area contributed by atoms with Gasteiger partial charge in [-0.3, -0.25) is 0 Å². The van der Waals surface area contributed by atoms with Crippen LogP contribution in [0.1, 0.15) is 11.1 Å². The molecule has 1 atom stereocenters. The van der Waals surface area contributed by atoms with Gasteiger partial charge in [-0.1, -0.05) is 17.7 Å². The van der Waals surface area contributed by atoms with Gasteiger partial charge in [0.15, 0.2) is 0 Å². The third-order valence-corrected chi connectivity index (χ3v) is 2.25. The fraction of sp³-hybridized carbons (Fsp3) is 0.364. The molecule has 2 rings (SSSR count). The lowest BCUT2D eigenvalue weighted by atomic mass is 10.1. The lowest BCUT2D eigenvalue weighted by Crippen LogP contribution is -2.18. The van der Waals surface area contributed by atoms with E-state index in [2.05, 4.69) is 24.0 Å². The van der Waals surface area contributed by atoms with Gasteiger partial charge in [-0.2, -0.15) is 0 Å². The third-order valence-electron chi connectivity index (χ3n) is 2.25. The van der Waals surface area contributed by atoms with Crippen molar-refractivity contribution >= 4 is 5.90 Å². The second-order valence-corrected chi connectivity index (χ2v) is 3.50. The number of nitrogens with zero attached hydrogens (tertiary/aromatic N) is 1. The molecule has 2 N–H and O–H groups in total. The molecule has 14 heavy (non-hydrogen) atoms. The molecule has 0 spiro atoms. The minimum atomic E-state index is 0.130. The number of ether oxygens (including phenoxy) is 1. The SMILES string of the molecule is Cc1cccc(C2=NC(CN)CO2)c1. The number of hydrogen-bond acceptors (Lipinski definition) is 3. The van der Waals surface area contributed by atoms with Gasteiger partial charge in [0.05, 0.1) is 0 Å². The smallest absolute Gasteiger partial charge is 0.216 e. The van der Waals surface area contributed by atoms with Gasteiger partial charge < -0.3 is 10.5 Å². The van der Waals surface area contributed by atoms with Crippen molar-refractivity contribution in [3.63, 3.8) is 0 Å². The summed E-state index contributed by atoms with van der Waals surface area (Å²) in [4.78, 5) is 4.39. The zero-order chi connectivity index (χ0) is 9.97. The molecule has 1 aliphatic rings. The molecule has 1 heterocycles. The first-order valence-corrected chi connectivity index (χ1v) is 4.77. The lowest BCUT2D eigenvalue weighted by Gasteiger charge is -2.01. The van der Waals surface area contributed by atoms with Crippen LogP contribution in [-0.4, -0.2) is 25.1 Å². The Bertz CT molecular complexity index is 360. The maximum Gasteiger partial charge on any atom is 0.216 e. The van der Waals surface area contributed by atoms with Crippen LogP contribution in [0.2, 0.25) is 0 Å². The Morgan fingerprint density at radius 2 is 2.43 bits per heavy atom. The molecule has 0 amide bonds. The monoisotopic (exact) mass is 190 g/mol. The quantitative estimate of drug-likeness (QED) is 0.759. The van der Waals surface area contributed by atoms with Crippen LogP contribution in [0.3, 0.4) is 0 Å². The van der Waals surface area contributed by atoms with E-state index in [9.17, 15) is 0 Å². The van der Waals surface area contributed by atoms with Gasteiger partial charge in [-0.25, -0.2) is 4.99 Å². The summed E-state index contributed by atoms with van der Waals surface area (Å²) in [6.45, 7) is 3.22. The summed E-state index contributed by atoms with van der Waals surface area (Å²) in [7, 11) is 0. The fourth-order valence-corrected chi connectivity index (χ4v) is 1.47. The molecule has 0 fully saturated rings. The van der Waals surface area contributed by atoms with Crippen LogP contribution in [0.15, 0.2) is 29.3 Å². The Morgan fingerprint density at radius 3 is 3.07 bits per heavy atom. The van der Waals surface area contributed by atoms with E-state index in [0.717, 1.165) is 11.5 Å². The Morgan fingerprint density at radius 1 is 1.57 bits per heavy atom. The molecule has 3 nitrogen and oxygen atoms in total. The van der Waals surface area contributed by atoms with Gasteiger partial charge in [-0.05, 0) is 19.1 Å². The van der Waals surface area contributed by atoms with Gasteiger partial charge in [0.25, 0.3) is 0 Å². The average Bonchev–Trinajstić information content (AvgIpc) is 2.66. The molecule has 0 bridgehead atoms. The molecule has 1 aromatic carbocycles. The van der Waals surface area contributed by atoms with Crippen LogP contribution in [-0.2, 0) is 4.74 Å². The highest BCUT2D eigenvalue weighted by Crippen LogP contribution is 2.12. The van der Waals surface area contributed by atoms with Gasteiger partial charge in [0, 0.05) is 12.1 Å². The Balaban J connectivity index is 2.24. The van der Waals surface area contributed by atoms with E-state index < -0.39 is 0 Å². The largest absolute Gasteiger partial charge is 0.475 e. The van der Waals surface area contributed by atoms with Crippen LogP contribution in [0.5, 0.6) is 0 Å². The Labute approximate surface area is 83.6 Å². The normalized spacial score (nSPS) is 20.4. The average molecular weight is 190 g/mol. The second-order valence-electron chi connectivity index (χ2n) is 3.50.